The number of hydrogen-bond acceptors (Lipinski definition) is 17. The lowest BCUT2D eigenvalue weighted by Crippen LogP contribution is -2.47. The Morgan fingerprint density at radius 3 is 1.31 bits per heavy atom. The highest BCUT2D eigenvalue weighted by molar-refractivity contribution is 8.14. The molecule has 7 rings (SSSR count). The number of primary sulfonamides is 1. The summed E-state index contributed by atoms with van der Waals surface area (Å²) >= 11 is 25.8. The van der Waals surface area contributed by atoms with Crippen LogP contribution in [-0.4, -0.2) is 171 Å². The molecule has 300 valence electrons. The highest BCUT2D eigenvalue weighted by Crippen LogP contribution is 2.57. The highest BCUT2D eigenvalue weighted by atomic mass is 35.5. The lowest BCUT2D eigenvalue weighted by molar-refractivity contribution is -0.143. The van der Waals surface area contributed by atoms with Gasteiger partial charge in [-0.1, -0.05) is 70.1 Å². The number of rotatable bonds is 13. The Kier molecular flexibility index (Phi) is 12.3. The maximum absolute atomic E-state index is 13.9. The van der Waals surface area contributed by atoms with E-state index in [1.807, 2.05) is 0 Å². The number of nitrogens with two attached hydrogens (primary N) is 1. The Labute approximate surface area is 345 Å². The lowest BCUT2D eigenvalue weighted by atomic mass is 10.0. The van der Waals surface area contributed by atoms with Gasteiger partial charge in [0.2, 0.25) is 40.7 Å². The van der Waals surface area contributed by atoms with Crippen molar-refractivity contribution in [1.82, 2.24) is 29.7 Å². The van der Waals surface area contributed by atoms with E-state index in [-0.39, 0.29) is 92.8 Å². The van der Waals surface area contributed by atoms with Gasteiger partial charge < -0.3 is 28.9 Å². The lowest BCUT2D eigenvalue weighted by Gasteiger charge is -2.40. The molecule has 3 saturated heterocycles. The van der Waals surface area contributed by atoms with E-state index in [9.17, 15) is 22.8 Å². The Morgan fingerprint density at radius 1 is 0.618 bits per heavy atom. The molecule has 3 fully saturated rings. The maximum Gasteiger partial charge on any atom is 0.248 e. The van der Waals surface area contributed by atoms with Gasteiger partial charge in [0.05, 0.1) is 61.0 Å². The third-order valence-electron chi connectivity index (χ3n) is 9.57. The Hall–Kier alpha value is -2.25. The van der Waals surface area contributed by atoms with Crippen molar-refractivity contribution < 1.29 is 37.0 Å². The van der Waals surface area contributed by atoms with E-state index in [1.54, 1.807) is 37.4 Å². The molecule has 3 atom stereocenters. The van der Waals surface area contributed by atoms with E-state index in [2.05, 4.69) is 15.3 Å². The molecule has 0 aliphatic carbocycles. The summed E-state index contributed by atoms with van der Waals surface area (Å²) in [4.78, 5) is 42.2. The van der Waals surface area contributed by atoms with Gasteiger partial charge in [-0.15, -0.1) is 0 Å². The van der Waals surface area contributed by atoms with Crippen molar-refractivity contribution in [2.45, 2.75) is 17.9 Å². The van der Waals surface area contributed by atoms with Gasteiger partial charge in [0, 0.05) is 56.0 Å². The number of alkyl halides is 3. The van der Waals surface area contributed by atoms with Gasteiger partial charge in [-0.25, -0.2) is 13.6 Å². The van der Waals surface area contributed by atoms with Crippen LogP contribution < -0.4 is 5.14 Å². The van der Waals surface area contributed by atoms with Crippen LogP contribution in [0.25, 0.3) is 0 Å². The van der Waals surface area contributed by atoms with Crippen LogP contribution in [0.2, 0.25) is 0 Å². The first-order chi connectivity index (χ1) is 26.2. The van der Waals surface area contributed by atoms with Crippen LogP contribution >= 0.6 is 70.1 Å². The first-order valence-electron chi connectivity index (χ1n) is 17.0. The smallest absolute Gasteiger partial charge is 0.248 e. The summed E-state index contributed by atoms with van der Waals surface area (Å²) < 4.78 is 38.8. The topological polar surface area (TPSA) is 196 Å². The molecule has 0 spiro atoms. The molecule has 0 aromatic heterocycles. The fourth-order valence-electron chi connectivity index (χ4n) is 6.66. The van der Waals surface area contributed by atoms with Gasteiger partial charge >= 0.3 is 0 Å². The minimum Gasteiger partial charge on any atom is -0.370 e. The number of hydrazone groups is 3. The van der Waals surface area contributed by atoms with Crippen molar-refractivity contribution in [3.05, 3.63) is 28.8 Å². The summed E-state index contributed by atoms with van der Waals surface area (Å²) in [5.74, 6) is -0.551. The average Bonchev–Trinajstić information content (AvgIpc) is 3.86. The zero-order valence-corrected chi connectivity index (χ0v) is 34.7. The second-order valence-electron chi connectivity index (χ2n) is 12.8. The van der Waals surface area contributed by atoms with Crippen molar-refractivity contribution in [3.8, 4) is 0 Å². The number of thioether (sulfide) groups is 3. The number of benzene rings is 1. The third-order valence-corrected chi connectivity index (χ3v) is 15.4. The van der Waals surface area contributed by atoms with E-state index < -0.39 is 23.0 Å². The first-order valence-corrected chi connectivity index (χ1v) is 22.4. The standard InChI is InChI=1S/C30H37Cl3N10O8S4/c31-28(41(35-18-52-28)4-1-38-7-10-49-15-24(38)44)21-13-22(29(32)42(36-19-53-29)5-2-39-8-11-50-16-25(39)45)27(55(34,47)48)23(14-21)30(33)43(37-20-54-30)6-3-40-9-12-51-17-26(40)46/h13-14,18-20H,1-12,15-17H2,(H2,34,47,48). The molecule has 1 aromatic rings. The van der Waals surface area contributed by atoms with Gasteiger partial charge in [-0.3, -0.25) is 29.4 Å². The minimum absolute atomic E-state index is 0.0200. The molecule has 0 bridgehead atoms. The molecule has 2 N–H and O–H groups in total. The molecule has 6 aliphatic rings. The summed E-state index contributed by atoms with van der Waals surface area (Å²) in [6.07, 6.45) is 0. The number of amides is 3. The van der Waals surface area contributed by atoms with Crippen molar-refractivity contribution >= 4 is 114 Å². The molecular weight excluding hydrogens is 863 g/mol. The van der Waals surface area contributed by atoms with Crippen molar-refractivity contribution in [2.24, 2.45) is 20.4 Å². The largest absolute Gasteiger partial charge is 0.370 e. The average molecular weight is 900 g/mol. The molecule has 25 heteroatoms. The molecule has 0 saturated carbocycles. The fraction of sp³-hybridized carbons (Fsp3) is 0.600. The van der Waals surface area contributed by atoms with E-state index in [0.717, 1.165) is 35.3 Å². The SMILES string of the molecule is NS(=O)(=O)c1c(C2(Cl)SC=NN2CCN2CCOCC2=O)cc(C2(Cl)SC=NN2CCN2CCOCC2=O)cc1C1(Cl)SC=NN1CCN1CCOCC1=O. The van der Waals surface area contributed by atoms with Gasteiger partial charge in [-0.05, 0) is 12.1 Å². The predicted octanol–water partition coefficient (Wildman–Crippen LogP) is 0.934. The summed E-state index contributed by atoms with van der Waals surface area (Å²) in [5.41, 5.74) is 4.93. The van der Waals surface area contributed by atoms with Crippen molar-refractivity contribution in [2.75, 3.05) is 98.5 Å². The zero-order chi connectivity index (χ0) is 39.0. The van der Waals surface area contributed by atoms with Crippen molar-refractivity contribution in [3.63, 3.8) is 0 Å². The van der Waals surface area contributed by atoms with E-state index >= 15 is 0 Å². The van der Waals surface area contributed by atoms with Gasteiger partial charge in [0.25, 0.3) is 0 Å². The molecule has 18 nitrogen and oxygen atoms in total. The Morgan fingerprint density at radius 2 is 0.964 bits per heavy atom. The summed E-state index contributed by atoms with van der Waals surface area (Å²) in [6.45, 7) is 3.37. The number of ether oxygens (including phenoxy) is 3. The number of halogens is 3. The monoisotopic (exact) mass is 898 g/mol. The first kappa shape index (κ1) is 40.9. The number of carbonyl (C=O) groups is 3. The normalized spacial score (nSPS) is 28.8. The Bertz CT molecular complexity index is 1820. The summed E-state index contributed by atoms with van der Waals surface area (Å²) in [7, 11) is -4.63. The van der Waals surface area contributed by atoms with Crippen LogP contribution in [0.5, 0.6) is 0 Å². The second kappa shape index (κ2) is 16.5. The Balaban J connectivity index is 1.30. The minimum atomic E-state index is -4.63. The molecule has 3 amide bonds. The van der Waals surface area contributed by atoms with Crippen LogP contribution in [0.3, 0.4) is 0 Å². The number of nitrogens with zero attached hydrogens (tertiary/aromatic N) is 9. The third kappa shape index (κ3) is 8.23. The summed E-state index contributed by atoms with van der Waals surface area (Å²) in [5, 5.41) is 24.2. The van der Waals surface area contributed by atoms with Gasteiger partial charge in [0.15, 0.2) is 0 Å². The number of hydrogen-bond donors (Lipinski definition) is 1. The molecule has 0 radical (unpaired) electrons. The molecule has 55 heavy (non-hydrogen) atoms. The van der Waals surface area contributed by atoms with E-state index in [0.29, 0.717) is 45.0 Å². The number of morpholine rings is 3. The highest BCUT2D eigenvalue weighted by Gasteiger charge is 2.52. The zero-order valence-electron chi connectivity index (χ0n) is 29.1. The molecule has 3 unspecified atom stereocenters. The quantitative estimate of drug-likeness (QED) is 0.217. The van der Waals surface area contributed by atoms with Crippen LogP contribution in [0.4, 0.5) is 0 Å². The number of carbonyl (C=O) groups excluding carboxylic acids is 3. The fourth-order valence-corrected chi connectivity index (χ4v) is 11.6. The van der Waals surface area contributed by atoms with Crippen LogP contribution in [0, 0.1) is 0 Å². The molecular formula is C30H37Cl3N10O8S4. The van der Waals surface area contributed by atoms with E-state index in [1.165, 1.54) is 21.1 Å². The molecule has 1 aromatic carbocycles. The van der Waals surface area contributed by atoms with E-state index in [4.69, 9.17) is 54.2 Å². The summed E-state index contributed by atoms with van der Waals surface area (Å²) in [6, 6.07) is 3.12. The maximum atomic E-state index is 13.9. The predicted molar refractivity (Wildman–Crippen MR) is 211 cm³/mol. The second-order valence-corrected chi connectivity index (χ2v) is 19.7. The van der Waals surface area contributed by atoms with Crippen molar-refractivity contribution in [1.29, 1.82) is 0 Å². The van der Waals surface area contributed by atoms with Crippen LogP contribution in [0.15, 0.2) is 32.3 Å². The molecule has 6 heterocycles. The van der Waals surface area contributed by atoms with Crippen LogP contribution in [-0.2, 0) is 51.6 Å². The number of sulfonamides is 1. The van der Waals surface area contributed by atoms with Gasteiger partial charge in [0.1, 0.15) is 19.8 Å². The van der Waals surface area contributed by atoms with Crippen LogP contribution in [0.1, 0.15) is 16.7 Å². The molecule has 6 aliphatic heterocycles. The van der Waals surface area contributed by atoms with Gasteiger partial charge in [-0.2, -0.15) is 15.3 Å².